The molecule has 6 heteroatoms. The van der Waals surface area contributed by atoms with Crippen LogP contribution in [0.2, 0.25) is 5.02 Å². The summed E-state index contributed by atoms with van der Waals surface area (Å²) in [5.41, 5.74) is 1.80. The third-order valence-corrected chi connectivity index (χ3v) is 3.68. The molecule has 1 atom stereocenters. The molecule has 0 unspecified atom stereocenters. The SMILES string of the molecule is CC(C)C[C@@H](NCc1nc2ccc(Cl)cc2n1C)C(=O)O. The Bertz CT molecular complexity index is 652. The molecule has 0 fully saturated rings. The lowest BCUT2D eigenvalue weighted by molar-refractivity contribution is -0.140. The average Bonchev–Trinajstić information content (AvgIpc) is 2.71. The molecule has 1 aromatic heterocycles. The van der Waals surface area contributed by atoms with Gasteiger partial charge in [0.2, 0.25) is 0 Å². The number of nitrogens with zero attached hydrogens (tertiary/aromatic N) is 2. The summed E-state index contributed by atoms with van der Waals surface area (Å²) in [6.45, 7) is 4.43. The van der Waals surface area contributed by atoms with Crippen molar-refractivity contribution in [2.75, 3.05) is 0 Å². The van der Waals surface area contributed by atoms with E-state index in [2.05, 4.69) is 10.3 Å². The van der Waals surface area contributed by atoms with Crippen molar-refractivity contribution >= 4 is 28.6 Å². The van der Waals surface area contributed by atoms with Gasteiger partial charge in [0.15, 0.2) is 0 Å². The Morgan fingerprint density at radius 3 is 2.81 bits per heavy atom. The molecule has 0 aliphatic rings. The Balaban J connectivity index is 2.16. The number of carbonyl (C=O) groups is 1. The molecule has 0 spiro atoms. The third-order valence-electron chi connectivity index (χ3n) is 3.45. The van der Waals surface area contributed by atoms with Crippen LogP contribution in [0.25, 0.3) is 11.0 Å². The number of imidazole rings is 1. The monoisotopic (exact) mass is 309 g/mol. The maximum Gasteiger partial charge on any atom is 0.320 e. The summed E-state index contributed by atoms with van der Waals surface area (Å²) in [5, 5.41) is 13.0. The zero-order valence-corrected chi connectivity index (χ0v) is 13.2. The van der Waals surface area contributed by atoms with Gasteiger partial charge in [-0.1, -0.05) is 25.4 Å². The van der Waals surface area contributed by atoms with E-state index in [-0.39, 0.29) is 0 Å². The number of benzene rings is 1. The van der Waals surface area contributed by atoms with E-state index in [0.717, 1.165) is 16.9 Å². The van der Waals surface area contributed by atoms with Crippen LogP contribution in [0.1, 0.15) is 26.1 Å². The number of aliphatic carboxylic acids is 1. The van der Waals surface area contributed by atoms with Gasteiger partial charge in [-0.05, 0) is 30.5 Å². The van der Waals surface area contributed by atoms with Crippen LogP contribution in [0.5, 0.6) is 0 Å². The number of carboxylic acid groups (broad SMARTS) is 1. The van der Waals surface area contributed by atoms with Crippen LogP contribution in [0.15, 0.2) is 18.2 Å². The molecule has 1 aromatic carbocycles. The highest BCUT2D eigenvalue weighted by molar-refractivity contribution is 6.31. The van der Waals surface area contributed by atoms with Crippen molar-refractivity contribution in [3.05, 3.63) is 29.0 Å². The van der Waals surface area contributed by atoms with Crippen molar-refractivity contribution < 1.29 is 9.90 Å². The van der Waals surface area contributed by atoms with Crippen LogP contribution in [0.4, 0.5) is 0 Å². The number of carboxylic acids is 1. The summed E-state index contributed by atoms with van der Waals surface area (Å²) < 4.78 is 1.93. The van der Waals surface area contributed by atoms with Gasteiger partial charge in [-0.3, -0.25) is 10.1 Å². The normalized spacial score (nSPS) is 13.0. The molecule has 0 amide bonds. The molecule has 0 aliphatic carbocycles. The third kappa shape index (κ3) is 3.74. The summed E-state index contributed by atoms with van der Waals surface area (Å²) in [4.78, 5) is 15.8. The van der Waals surface area contributed by atoms with E-state index in [9.17, 15) is 9.90 Å². The van der Waals surface area contributed by atoms with Gasteiger partial charge in [0.1, 0.15) is 11.9 Å². The first-order valence-electron chi connectivity index (χ1n) is 6.95. The quantitative estimate of drug-likeness (QED) is 0.861. The van der Waals surface area contributed by atoms with Crippen LogP contribution in [-0.2, 0) is 18.4 Å². The molecule has 0 saturated carbocycles. The summed E-state index contributed by atoms with van der Waals surface area (Å²) in [6.07, 6.45) is 0.588. The summed E-state index contributed by atoms with van der Waals surface area (Å²) >= 11 is 5.99. The number of halogens is 1. The number of rotatable bonds is 6. The molecular formula is C15H20ClN3O2. The number of aromatic nitrogens is 2. The minimum Gasteiger partial charge on any atom is -0.480 e. The highest BCUT2D eigenvalue weighted by Crippen LogP contribution is 2.19. The fourth-order valence-electron chi connectivity index (χ4n) is 2.33. The molecule has 0 radical (unpaired) electrons. The fourth-order valence-corrected chi connectivity index (χ4v) is 2.49. The van der Waals surface area contributed by atoms with E-state index < -0.39 is 12.0 Å². The lowest BCUT2D eigenvalue weighted by Crippen LogP contribution is -2.37. The predicted molar refractivity (Wildman–Crippen MR) is 83.4 cm³/mol. The second-order valence-electron chi connectivity index (χ2n) is 5.62. The van der Waals surface area contributed by atoms with Crippen LogP contribution >= 0.6 is 11.6 Å². The first kappa shape index (κ1) is 15.8. The van der Waals surface area contributed by atoms with Gasteiger partial charge < -0.3 is 9.67 Å². The Kier molecular flexibility index (Phi) is 4.85. The van der Waals surface area contributed by atoms with Crippen molar-refractivity contribution in [1.82, 2.24) is 14.9 Å². The Hall–Kier alpha value is -1.59. The van der Waals surface area contributed by atoms with Gasteiger partial charge in [-0.15, -0.1) is 0 Å². The maximum absolute atomic E-state index is 11.3. The second-order valence-corrected chi connectivity index (χ2v) is 6.06. The second kappa shape index (κ2) is 6.45. The fraction of sp³-hybridized carbons (Fsp3) is 0.467. The number of hydrogen-bond acceptors (Lipinski definition) is 3. The maximum atomic E-state index is 11.3. The van der Waals surface area contributed by atoms with Crippen LogP contribution in [0, 0.1) is 5.92 Å². The Morgan fingerprint density at radius 2 is 2.19 bits per heavy atom. The lowest BCUT2D eigenvalue weighted by Gasteiger charge is -2.16. The van der Waals surface area contributed by atoms with Gasteiger partial charge in [-0.25, -0.2) is 4.98 Å². The Labute approximate surface area is 128 Å². The Morgan fingerprint density at radius 1 is 1.48 bits per heavy atom. The van der Waals surface area contributed by atoms with Crippen molar-refractivity contribution in [3.63, 3.8) is 0 Å². The van der Waals surface area contributed by atoms with E-state index in [4.69, 9.17) is 11.6 Å². The van der Waals surface area contributed by atoms with E-state index in [0.29, 0.717) is 23.9 Å². The number of aryl methyl sites for hydroxylation is 1. The largest absolute Gasteiger partial charge is 0.480 e. The molecule has 0 bridgehead atoms. The molecule has 1 heterocycles. The number of nitrogens with one attached hydrogen (secondary N) is 1. The molecule has 0 aliphatic heterocycles. The smallest absolute Gasteiger partial charge is 0.320 e. The molecule has 0 saturated heterocycles. The van der Waals surface area contributed by atoms with Crippen LogP contribution < -0.4 is 5.32 Å². The number of fused-ring (bicyclic) bond motifs is 1. The molecule has 21 heavy (non-hydrogen) atoms. The minimum atomic E-state index is -0.828. The minimum absolute atomic E-state index is 0.317. The van der Waals surface area contributed by atoms with Gasteiger partial charge in [-0.2, -0.15) is 0 Å². The van der Waals surface area contributed by atoms with E-state index in [1.807, 2.05) is 37.6 Å². The summed E-state index contributed by atoms with van der Waals surface area (Å²) in [7, 11) is 1.90. The van der Waals surface area contributed by atoms with Crippen molar-refractivity contribution in [3.8, 4) is 0 Å². The molecule has 2 N–H and O–H groups in total. The van der Waals surface area contributed by atoms with Gasteiger partial charge in [0, 0.05) is 12.1 Å². The van der Waals surface area contributed by atoms with Crippen LogP contribution in [-0.4, -0.2) is 26.7 Å². The first-order chi connectivity index (χ1) is 9.88. The summed E-state index contributed by atoms with van der Waals surface area (Å²) in [5.74, 6) is 0.283. The molecule has 2 aromatic rings. The zero-order valence-electron chi connectivity index (χ0n) is 12.4. The van der Waals surface area contributed by atoms with Gasteiger partial charge in [0.05, 0.1) is 17.6 Å². The van der Waals surface area contributed by atoms with Crippen molar-refractivity contribution in [1.29, 1.82) is 0 Å². The van der Waals surface area contributed by atoms with E-state index in [1.54, 1.807) is 6.07 Å². The first-order valence-corrected chi connectivity index (χ1v) is 7.33. The lowest BCUT2D eigenvalue weighted by atomic mass is 10.0. The highest BCUT2D eigenvalue weighted by Gasteiger charge is 2.19. The summed E-state index contributed by atoms with van der Waals surface area (Å²) in [6, 6.07) is 4.96. The van der Waals surface area contributed by atoms with E-state index >= 15 is 0 Å². The topological polar surface area (TPSA) is 67.2 Å². The van der Waals surface area contributed by atoms with Crippen LogP contribution in [0.3, 0.4) is 0 Å². The van der Waals surface area contributed by atoms with Gasteiger partial charge in [0.25, 0.3) is 0 Å². The predicted octanol–water partition coefficient (Wildman–Crippen LogP) is 2.82. The molecule has 2 rings (SSSR count). The van der Waals surface area contributed by atoms with Crippen molar-refractivity contribution in [2.24, 2.45) is 13.0 Å². The van der Waals surface area contributed by atoms with Gasteiger partial charge >= 0.3 is 5.97 Å². The molecule has 114 valence electrons. The average molecular weight is 310 g/mol. The number of hydrogen-bond donors (Lipinski definition) is 2. The zero-order chi connectivity index (χ0) is 15.6. The molecular weight excluding hydrogens is 290 g/mol. The molecule has 5 nitrogen and oxygen atoms in total. The highest BCUT2D eigenvalue weighted by atomic mass is 35.5. The standard InChI is InChI=1S/C15H20ClN3O2/c1-9(2)6-12(15(20)21)17-8-14-18-11-5-4-10(16)7-13(11)19(14)3/h4-5,7,9,12,17H,6,8H2,1-3H3,(H,20,21)/t12-/m1/s1. The van der Waals surface area contributed by atoms with Crippen molar-refractivity contribution in [2.45, 2.75) is 32.9 Å². The van der Waals surface area contributed by atoms with E-state index in [1.165, 1.54) is 0 Å².